The molecule has 0 saturated heterocycles. The molecule has 0 spiro atoms. The number of halogens is 1. The first-order valence-electron chi connectivity index (χ1n) is 5.39. The monoisotopic (exact) mass is 274 g/mol. The summed E-state index contributed by atoms with van der Waals surface area (Å²) in [6.45, 7) is 1.52. The number of hydrogen-bond acceptors (Lipinski definition) is 4. The van der Waals surface area contributed by atoms with Gasteiger partial charge in [0.25, 0.3) is 5.91 Å². The summed E-state index contributed by atoms with van der Waals surface area (Å²) in [6.07, 6.45) is 0. The van der Waals surface area contributed by atoms with Gasteiger partial charge in [0.05, 0.1) is 5.75 Å². The van der Waals surface area contributed by atoms with Gasteiger partial charge in [-0.05, 0) is 18.2 Å². The zero-order valence-corrected chi connectivity index (χ0v) is 10.8. The minimum atomic E-state index is -3.13. The van der Waals surface area contributed by atoms with E-state index in [2.05, 4.69) is 5.32 Å². The fourth-order valence-electron chi connectivity index (χ4n) is 1.31. The Labute approximate surface area is 105 Å². The number of nitrogens with two attached hydrogens (primary N) is 1. The topological polar surface area (TPSA) is 89.3 Å². The number of rotatable bonds is 5. The van der Waals surface area contributed by atoms with Crippen LogP contribution in [-0.4, -0.2) is 32.4 Å². The van der Waals surface area contributed by atoms with Crippen molar-refractivity contribution in [3.8, 4) is 0 Å². The summed E-state index contributed by atoms with van der Waals surface area (Å²) >= 11 is 0. The van der Waals surface area contributed by atoms with Gasteiger partial charge in [-0.1, -0.05) is 6.92 Å². The molecule has 1 aromatic carbocycles. The Morgan fingerprint density at radius 1 is 1.39 bits per heavy atom. The molecule has 0 fully saturated rings. The van der Waals surface area contributed by atoms with Crippen LogP contribution >= 0.6 is 0 Å². The maximum absolute atomic E-state index is 13.0. The lowest BCUT2D eigenvalue weighted by molar-refractivity contribution is 0.0955. The second-order valence-electron chi connectivity index (χ2n) is 3.77. The van der Waals surface area contributed by atoms with Crippen molar-refractivity contribution in [3.05, 3.63) is 29.6 Å². The first-order valence-corrected chi connectivity index (χ1v) is 7.21. The molecule has 0 heterocycles. The van der Waals surface area contributed by atoms with E-state index in [0.717, 1.165) is 12.1 Å². The van der Waals surface area contributed by atoms with Crippen molar-refractivity contribution in [1.29, 1.82) is 0 Å². The second-order valence-corrected chi connectivity index (χ2v) is 6.24. The number of amides is 1. The molecule has 3 N–H and O–H groups in total. The molecule has 5 nitrogen and oxygen atoms in total. The van der Waals surface area contributed by atoms with Gasteiger partial charge in [0, 0.05) is 23.5 Å². The summed E-state index contributed by atoms with van der Waals surface area (Å²) in [6, 6.07) is 3.46. The molecule has 0 atom stereocenters. The Bertz CT molecular complexity index is 523. The first kappa shape index (κ1) is 14.4. The van der Waals surface area contributed by atoms with Gasteiger partial charge in [-0.15, -0.1) is 0 Å². The Balaban J connectivity index is 2.61. The van der Waals surface area contributed by atoms with Crippen LogP contribution < -0.4 is 11.1 Å². The molecule has 0 unspecified atom stereocenters. The van der Waals surface area contributed by atoms with Gasteiger partial charge < -0.3 is 11.1 Å². The minimum absolute atomic E-state index is 0.00851. The summed E-state index contributed by atoms with van der Waals surface area (Å²) in [7, 11) is -3.13. The quantitative estimate of drug-likeness (QED) is 0.768. The molecule has 0 radical (unpaired) electrons. The van der Waals surface area contributed by atoms with Crippen molar-refractivity contribution >= 4 is 21.4 Å². The Kier molecular flexibility index (Phi) is 4.66. The van der Waals surface area contributed by atoms with Gasteiger partial charge in [-0.3, -0.25) is 4.79 Å². The van der Waals surface area contributed by atoms with Crippen LogP contribution in [0.1, 0.15) is 17.3 Å². The van der Waals surface area contributed by atoms with E-state index >= 15 is 0 Å². The molecule has 7 heteroatoms. The van der Waals surface area contributed by atoms with Crippen molar-refractivity contribution < 1.29 is 17.6 Å². The highest BCUT2D eigenvalue weighted by atomic mass is 32.2. The van der Waals surface area contributed by atoms with E-state index in [4.69, 9.17) is 5.73 Å². The summed E-state index contributed by atoms with van der Waals surface area (Å²) in [5.41, 5.74) is 5.61. The lowest BCUT2D eigenvalue weighted by atomic mass is 10.2. The van der Waals surface area contributed by atoms with E-state index in [1.54, 1.807) is 0 Å². The predicted octanol–water partition coefficient (Wildman–Crippen LogP) is 0.572. The van der Waals surface area contributed by atoms with E-state index in [1.807, 2.05) is 0 Å². The molecule has 0 aromatic heterocycles. The van der Waals surface area contributed by atoms with Gasteiger partial charge in [-0.25, -0.2) is 12.8 Å². The van der Waals surface area contributed by atoms with Crippen LogP contribution in [0, 0.1) is 5.82 Å². The summed E-state index contributed by atoms with van der Waals surface area (Å²) in [5.74, 6) is -1.27. The van der Waals surface area contributed by atoms with Crippen molar-refractivity contribution in [1.82, 2.24) is 5.32 Å². The number of carbonyl (C=O) groups excluding carboxylic acids is 1. The van der Waals surface area contributed by atoms with E-state index in [9.17, 15) is 17.6 Å². The van der Waals surface area contributed by atoms with Crippen LogP contribution in [0.5, 0.6) is 0 Å². The smallest absolute Gasteiger partial charge is 0.251 e. The van der Waals surface area contributed by atoms with E-state index in [1.165, 1.54) is 13.0 Å². The average Bonchev–Trinajstić information content (AvgIpc) is 2.27. The Morgan fingerprint density at radius 2 is 2.06 bits per heavy atom. The highest BCUT2D eigenvalue weighted by Crippen LogP contribution is 2.10. The molecular weight excluding hydrogens is 259 g/mol. The number of hydrogen-bond donors (Lipinski definition) is 2. The third-order valence-electron chi connectivity index (χ3n) is 2.32. The van der Waals surface area contributed by atoms with Gasteiger partial charge in [-0.2, -0.15) is 0 Å². The molecule has 100 valence electrons. The molecule has 1 amide bonds. The number of nitrogens with one attached hydrogen (secondary N) is 1. The van der Waals surface area contributed by atoms with E-state index < -0.39 is 21.6 Å². The first-order chi connectivity index (χ1) is 8.34. The lowest BCUT2D eigenvalue weighted by Gasteiger charge is -2.06. The third-order valence-corrected chi connectivity index (χ3v) is 4.03. The van der Waals surface area contributed by atoms with Crippen molar-refractivity contribution in [2.24, 2.45) is 0 Å². The Morgan fingerprint density at radius 3 is 2.61 bits per heavy atom. The normalized spacial score (nSPS) is 11.2. The number of benzene rings is 1. The zero-order chi connectivity index (χ0) is 13.8. The Hall–Kier alpha value is -1.63. The lowest BCUT2D eigenvalue weighted by Crippen LogP contribution is -2.29. The van der Waals surface area contributed by atoms with Gasteiger partial charge in [0.1, 0.15) is 5.82 Å². The third kappa shape index (κ3) is 4.33. The molecule has 0 bridgehead atoms. The van der Waals surface area contributed by atoms with Gasteiger partial charge in [0.2, 0.25) is 0 Å². The molecule has 0 aliphatic rings. The summed E-state index contributed by atoms with van der Waals surface area (Å²) in [5, 5.41) is 2.40. The van der Waals surface area contributed by atoms with Gasteiger partial charge >= 0.3 is 0 Å². The zero-order valence-electron chi connectivity index (χ0n) is 9.94. The summed E-state index contributed by atoms with van der Waals surface area (Å²) < 4.78 is 35.4. The van der Waals surface area contributed by atoms with Gasteiger partial charge in [0.15, 0.2) is 9.84 Å². The van der Waals surface area contributed by atoms with E-state index in [0.29, 0.717) is 0 Å². The molecular formula is C11H15FN2O3S. The van der Waals surface area contributed by atoms with Crippen LogP contribution in [-0.2, 0) is 9.84 Å². The average molecular weight is 274 g/mol. The fraction of sp³-hybridized carbons (Fsp3) is 0.364. The minimum Gasteiger partial charge on any atom is -0.399 e. The standard InChI is InChI=1S/C11H15FN2O3S/c1-2-18(16,17)4-3-14-11(15)8-5-9(12)7-10(13)6-8/h5-7H,2-4,13H2,1H3,(H,14,15). The van der Waals surface area contributed by atoms with Crippen LogP contribution in [0.25, 0.3) is 0 Å². The maximum atomic E-state index is 13.0. The van der Waals surface area contributed by atoms with Crippen LogP contribution in [0.3, 0.4) is 0 Å². The van der Waals surface area contributed by atoms with Crippen LogP contribution in [0.15, 0.2) is 18.2 Å². The van der Waals surface area contributed by atoms with Crippen molar-refractivity contribution in [2.45, 2.75) is 6.92 Å². The molecule has 0 aliphatic carbocycles. The molecule has 0 aliphatic heterocycles. The van der Waals surface area contributed by atoms with Crippen LogP contribution in [0.2, 0.25) is 0 Å². The van der Waals surface area contributed by atoms with Crippen molar-refractivity contribution in [3.63, 3.8) is 0 Å². The second kappa shape index (κ2) is 5.81. The number of carbonyl (C=O) groups is 1. The molecule has 1 aromatic rings. The SMILES string of the molecule is CCS(=O)(=O)CCNC(=O)c1cc(N)cc(F)c1. The number of sulfone groups is 1. The predicted molar refractivity (Wildman–Crippen MR) is 67.5 cm³/mol. The summed E-state index contributed by atoms with van der Waals surface area (Å²) in [4.78, 5) is 11.6. The molecule has 0 saturated carbocycles. The maximum Gasteiger partial charge on any atom is 0.251 e. The number of nitrogen functional groups attached to an aromatic ring is 1. The van der Waals surface area contributed by atoms with E-state index in [-0.39, 0.29) is 29.3 Å². The molecule has 18 heavy (non-hydrogen) atoms. The molecule has 1 rings (SSSR count). The fourth-order valence-corrected chi connectivity index (χ4v) is 2.01. The van der Waals surface area contributed by atoms with Crippen LogP contribution in [0.4, 0.5) is 10.1 Å². The highest BCUT2D eigenvalue weighted by Gasteiger charge is 2.10. The number of anilines is 1. The highest BCUT2D eigenvalue weighted by molar-refractivity contribution is 7.91. The van der Waals surface area contributed by atoms with Crippen molar-refractivity contribution in [2.75, 3.05) is 23.8 Å². The largest absolute Gasteiger partial charge is 0.399 e.